The number of ether oxygens (including phenoxy) is 2. The number of morpholine rings is 1. The molecule has 9 nitrogen and oxygen atoms in total. The molecule has 1 N–H and O–H groups in total. The van der Waals surface area contributed by atoms with Crippen molar-refractivity contribution in [2.75, 3.05) is 42.6 Å². The minimum Gasteiger partial charge on any atom is -0.479 e. The van der Waals surface area contributed by atoms with Crippen LogP contribution in [0.15, 0.2) is 42.7 Å². The Kier molecular flexibility index (Phi) is 7.19. The predicted molar refractivity (Wildman–Crippen MR) is 165 cm³/mol. The molecule has 1 fully saturated rings. The first-order valence-electron chi connectivity index (χ1n) is 14.6. The standard InChI is InChI=1S/C33H39N5O4/c1-20-7-9-23(10-8-20)27-25-17-21(2)37-11-12-38(32-34-18-24(19-35-32)36-13-15-41-16-14-36)28(29(25)37)22(3)26(27)30(31(39)40)42-33(4,5)6/h7-10,17-19,30H,11-16H2,1-6H3,(H,39,40)/t30-/m0/s1. The van der Waals surface area contributed by atoms with Gasteiger partial charge in [0, 0.05) is 42.8 Å². The van der Waals surface area contributed by atoms with Crippen LogP contribution in [0, 0.1) is 20.8 Å². The van der Waals surface area contributed by atoms with Gasteiger partial charge in [-0.3, -0.25) is 0 Å². The molecule has 0 saturated carbocycles. The van der Waals surface area contributed by atoms with Crippen LogP contribution in [0.3, 0.4) is 0 Å². The van der Waals surface area contributed by atoms with Crippen molar-refractivity contribution in [1.82, 2.24) is 14.5 Å². The normalized spacial score (nSPS) is 16.2. The highest BCUT2D eigenvalue weighted by molar-refractivity contribution is 6.08. The minimum atomic E-state index is -1.17. The number of rotatable bonds is 6. The third-order valence-electron chi connectivity index (χ3n) is 8.18. The van der Waals surface area contributed by atoms with E-state index in [1.165, 1.54) is 0 Å². The Morgan fingerprint density at radius 1 is 1.00 bits per heavy atom. The van der Waals surface area contributed by atoms with Gasteiger partial charge in [-0.1, -0.05) is 29.8 Å². The molecule has 0 aliphatic carbocycles. The summed E-state index contributed by atoms with van der Waals surface area (Å²) in [6, 6.07) is 10.5. The number of hydrogen-bond donors (Lipinski definition) is 1. The highest BCUT2D eigenvalue weighted by Gasteiger charge is 2.36. The number of benzene rings is 2. The van der Waals surface area contributed by atoms with Crippen LogP contribution < -0.4 is 9.80 Å². The first kappa shape index (κ1) is 28.2. The summed E-state index contributed by atoms with van der Waals surface area (Å²) in [7, 11) is 0. The number of carbonyl (C=O) groups is 1. The summed E-state index contributed by atoms with van der Waals surface area (Å²) in [5.74, 6) is -0.420. The molecule has 2 aliphatic heterocycles. The molecule has 0 unspecified atom stereocenters. The molecule has 0 radical (unpaired) electrons. The maximum absolute atomic E-state index is 12.9. The Balaban J connectivity index is 1.59. The van der Waals surface area contributed by atoms with E-state index in [-0.39, 0.29) is 0 Å². The monoisotopic (exact) mass is 569 g/mol. The molecule has 4 aromatic rings. The van der Waals surface area contributed by atoms with E-state index in [4.69, 9.17) is 19.4 Å². The average Bonchev–Trinajstić information content (AvgIpc) is 3.30. The summed E-state index contributed by atoms with van der Waals surface area (Å²) in [4.78, 5) is 27.0. The first-order valence-corrected chi connectivity index (χ1v) is 14.6. The number of aromatic nitrogens is 3. The van der Waals surface area contributed by atoms with Gasteiger partial charge in [0.15, 0.2) is 6.10 Å². The largest absolute Gasteiger partial charge is 0.479 e. The lowest BCUT2D eigenvalue weighted by Crippen LogP contribution is -2.36. The number of hydrogen-bond acceptors (Lipinski definition) is 7. The number of carboxylic acid groups (broad SMARTS) is 1. The molecule has 220 valence electrons. The van der Waals surface area contributed by atoms with Gasteiger partial charge in [0.05, 0.1) is 48.1 Å². The highest BCUT2D eigenvalue weighted by Crippen LogP contribution is 2.49. The van der Waals surface area contributed by atoms with Gasteiger partial charge < -0.3 is 28.9 Å². The zero-order valence-electron chi connectivity index (χ0n) is 25.3. The molecule has 42 heavy (non-hydrogen) atoms. The molecule has 2 aromatic carbocycles. The number of aliphatic carboxylic acids is 1. The molecule has 0 amide bonds. The van der Waals surface area contributed by atoms with E-state index >= 15 is 0 Å². The molecule has 2 aliphatic rings. The van der Waals surface area contributed by atoms with Gasteiger partial charge in [-0.25, -0.2) is 14.8 Å². The maximum Gasteiger partial charge on any atom is 0.337 e. The van der Waals surface area contributed by atoms with Crippen molar-refractivity contribution in [1.29, 1.82) is 0 Å². The second kappa shape index (κ2) is 10.7. The Morgan fingerprint density at radius 2 is 1.67 bits per heavy atom. The van der Waals surface area contributed by atoms with Crippen LogP contribution in [-0.2, 0) is 20.8 Å². The van der Waals surface area contributed by atoms with Crippen LogP contribution in [0.4, 0.5) is 17.3 Å². The molecule has 4 heterocycles. The second-order valence-corrected chi connectivity index (χ2v) is 12.3. The second-order valence-electron chi connectivity index (χ2n) is 12.3. The van der Waals surface area contributed by atoms with Crippen LogP contribution >= 0.6 is 0 Å². The quantitative estimate of drug-likeness (QED) is 0.304. The van der Waals surface area contributed by atoms with Gasteiger partial charge in [-0.15, -0.1) is 0 Å². The summed E-state index contributed by atoms with van der Waals surface area (Å²) in [6.07, 6.45) is 2.59. The number of anilines is 3. The molecule has 0 bridgehead atoms. The summed E-state index contributed by atoms with van der Waals surface area (Å²) in [5, 5.41) is 11.6. The summed E-state index contributed by atoms with van der Waals surface area (Å²) in [6.45, 7) is 16.3. The average molecular weight is 570 g/mol. The predicted octanol–water partition coefficient (Wildman–Crippen LogP) is 5.95. The van der Waals surface area contributed by atoms with E-state index in [0.717, 1.165) is 69.9 Å². The molecule has 2 aromatic heterocycles. The fourth-order valence-corrected chi connectivity index (χ4v) is 6.27. The van der Waals surface area contributed by atoms with E-state index in [0.29, 0.717) is 31.3 Å². The zero-order valence-corrected chi connectivity index (χ0v) is 25.3. The van der Waals surface area contributed by atoms with Gasteiger partial charge >= 0.3 is 5.97 Å². The fraction of sp³-hybridized carbons (Fsp3) is 0.424. The SMILES string of the molecule is Cc1ccc(-c2c([C@H](OC(C)(C)C)C(=O)O)c(C)c3c4c2cc(C)n4CCN3c2ncc(N3CCOCC3)cn2)cc1. The molecule has 1 atom stereocenters. The molecule has 1 saturated heterocycles. The maximum atomic E-state index is 12.9. The van der Waals surface area contributed by atoms with E-state index in [2.05, 4.69) is 58.5 Å². The van der Waals surface area contributed by atoms with Gasteiger partial charge in [0.25, 0.3) is 0 Å². The van der Waals surface area contributed by atoms with Crippen LogP contribution in [-0.4, -0.2) is 64.1 Å². The molecular weight excluding hydrogens is 530 g/mol. The number of aryl methyl sites for hydroxylation is 2. The van der Waals surface area contributed by atoms with Crippen molar-refractivity contribution in [3.63, 3.8) is 0 Å². The Labute approximate surface area is 246 Å². The van der Waals surface area contributed by atoms with Gasteiger partial charge in [0.2, 0.25) is 5.95 Å². The zero-order chi connectivity index (χ0) is 29.8. The van der Waals surface area contributed by atoms with Crippen molar-refractivity contribution < 1.29 is 19.4 Å². The topological polar surface area (TPSA) is 93.0 Å². The lowest BCUT2D eigenvalue weighted by atomic mass is 9.87. The van der Waals surface area contributed by atoms with Crippen molar-refractivity contribution in [2.24, 2.45) is 0 Å². The van der Waals surface area contributed by atoms with Gasteiger partial charge in [-0.05, 0) is 64.3 Å². The van der Waals surface area contributed by atoms with Crippen molar-refractivity contribution in [3.8, 4) is 11.1 Å². The van der Waals surface area contributed by atoms with E-state index < -0.39 is 17.7 Å². The van der Waals surface area contributed by atoms with Crippen LogP contribution in [0.25, 0.3) is 22.0 Å². The lowest BCUT2D eigenvalue weighted by molar-refractivity contribution is -0.160. The van der Waals surface area contributed by atoms with Crippen molar-refractivity contribution in [2.45, 2.75) is 59.8 Å². The molecule has 0 spiro atoms. The Hall–Kier alpha value is -3.95. The van der Waals surface area contributed by atoms with Gasteiger partial charge in [-0.2, -0.15) is 0 Å². The summed E-state index contributed by atoms with van der Waals surface area (Å²) in [5.41, 5.74) is 7.95. The van der Waals surface area contributed by atoms with Crippen LogP contribution in [0.1, 0.15) is 49.3 Å². The van der Waals surface area contributed by atoms with Crippen molar-refractivity contribution in [3.05, 3.63) is 65.1 Å². The Bertz CT molecular complexity index is 1630. The fourth-order valence-electron chi connectivity index (χ4n) is 6.27. The van der Waals surface area contributed by atoms with E-state index in [9.17, 15) is 9.90 Å². The first-order chi connectivity index (χ1) is 20.0. The number of nitrogens with zero attached hydrogens (tertiary/aromatic N) is 5. The van der Waals surface area contributed by atoms with Crippen LogP contribution in [0.2, 0.25) is 0 Å². The van der Waals surface area contributed by atoms with Crippen molar-refractivity contribution >= 4 is 34.2 Å². The third kappa shape index (κ3) is 5.01. The third-order valence-corrected chi connectivity index (χ3v) is 8.18. The van der Waals surface area contributed by atoms with Crippen LogP contribution in [0.5, 0.6) is 0 Å². The van der Waals surface area contributed by atoms with E-state index in [1.807, 2.05) is 40.1 Å². The minimum absolute atomic E-state index is 0.596. The molecular formula is C33H39N5O4. The lowest BCUT2D eigenvalue weighted by Gasteiger charge is -2.35. The smallest absolute Gasteiger partial charge is 0.337 e. The highest BCUT2D eigenvalue weighted by atomic mass is 16.5. The van der Waals surface area contributed by atoms with E-state index in [1.54, 1.807) is 0 Å². The molecule has 9 heteroatoms. The summed E-state index contributed by atoms with van der Waals surface area (Å²) >= 11 is 0. The summed E-state index contributed by atoms with van der Waals surface area (Å²) < 4.78 is 14.1. The van der Waals surface area contributed by atoms with Gasteiger partial charge in [0.1, 0.15) is 0 Å². The number of carboxylic acids is 1. The molecule has 6 rings (SSSR count). The Morgan fingerprint density at radius 3 is 2.29 bits per heavy atom.